The summed E-state index contributed by atoms with van der Waals surface area (Å²) >= 11 is 12.0. The first-order valence-corrected chi connectivity index (χ1v) is 9.50. The van der Waals surface area contributed by atoms with Crippen molar-refractivity contribution >= 4 is 56.9 Å². The number of nitrogens with one attached hydrogen (secondary N) is 1. The van der Waals surface area contributed by atoms with Crippen LogP contribution in [0.3, 0.4) is 0 Å². The van der Waals surface area contributed by atoms with E-state index in [4.69, 9.17) is 23.2 Å². The number of nitrogens with zero attached hydrogens (tertiary/aromatic N) is 1. The quantitative estimate of drug-likeness (QED) is 0.239. The summed E-state index contributed by atoms with van der Waals surface area (Å²) in [6.07, 6.45) is 1.69. The molecule has 0 saturated carbocycles. The molecule has 3 nitrogen and oxygen atoms in total. The van der Waals surface area contributed by atoms with Crippen molar-refractivity contribution in [3.05, 3.63) is 93.5 Å². The maximum absolute atomic E-state index is 12.4. The summed E-state index contributed by atoms with van der Waals surface area (Å²) in [6, 6.07) is 21.1. The van der Waals surface area contributed by atoms with Crippen LogP contribution in [0.15, 0.2) is 71.8 Å². The minimum Gasteiger partial charge on any atom is -0.267 e. The Labute approximate surface area is 172 Å². The summed E-state index contributed by atoms with van der Waals surface area (Å²) in [6.45, 7) is 2.12. The first-order valence-electron chi connectivity index (χ1n) is 8.75. The Balaban J connectivity index is 1.74. The van der Waals surface area contributed by atoms with E-state index in [1.165, 1.54) is 11.6 Å². The van der Waals surface area contributed by atoms with Gasteiger partial charge >= 0.3 is 0 Å². The van der Waals surface area contributed by atoms with Crippen molar-refractivity contribution in [2.24, 2.45) is 5.10 Å². The molecule has 1 amide bonds. The Morgan fingerprint density at radius 1 is 0.893 bits per heavy atom. The molecule has 0 heterocycles. The van der Waals surface area contributed by atoms with Crippen LogP contribution >= 0.6 is 23.2 Å². The van der Waals surface area contributed by atoms with Crippen molar-refractivity contribution in [1.29, 1.82) is 0 Å². The number of rotatable bonds is 3. The Hall–Kier alpha value is -2.88. The van der Waals surface area contributed by atoms with Crippen molar-refractivity contribution in [1.82, 2.24) is 5.43 Å². The standard InChI is InChI=1S/C23H16Cl2N2O/c1-14-16-6-2-4-8-18(16)21(19-9-5-3-7-17(14)19)13-26-27-23(28)20-11-10-15(24)12-22(20)25/h2-13H,1H3,(H,27,28). The average Bonchev–Trinajstić information content (AvgIpc) is 2.70. The largest absolute Gasteiger partial charge is 0.272 e. The van der Waals surface area contributed by atoms with Gasteiger partial charge in [0.25, 0.3) is 5.91 Å². The van der Waals surface area contributed by atoms with Crippen LogP contribution in [0.1, 0.15) is 21.5 Å². The van der Waals surface area contributed by atoms with E-state index in [-0.39, 0.29) is 5.02 Å². The molecule has 0 spiro atoms. The lowest BCUT2D eigenvalue weighted by atomic mass is 9.93. The molecule has 0 aliphatic rings. The first kappa shape index (κ1) is 18.5. The van der Waals surface area contributed by atoms with Crippen LogP contribution in [0.2, 0.25) is 10.0 Å². The van der Waals surface area contributed by atoms with Gasteiger partial charge < -0.3 is 0 Å². The summed E-state index contributed by atoms with van der Waals surface area (Å²) < 4.78 is 0. The van der Waals surface area contributed by atoms with Gasteiger partial charge in [0.05, 0.1) is 16.8 Å². The van der Waals surface area contributed by atoms with Gasteiger partial charge in [0, 0.05) is 10.6 Å². The molecule has 5 heteroatoms. The topological polar surface area (TPSA) is 41.5 Å². The fraction of sp³-hybridized carbons (Fsp3) is 0.0435. The van der Waals surface area contributed by atoms with Crippen LogP contribution in [0, 0.1) is 6.92 Å². The minimum atomic E-state index is -0.390. The van der Waals surface area contributed by atoms with Gasteiger partial charge in [0.1, 0.15) is 0 Å². The second-order valence-corrected chi connectivity index (χ2v) is 7.30. The molecule has 0 fully saturated rings. The summed E-state index contributed by atoms with van der Waals surface area (Å²) in [5.74, 6) is -0.390. The van der Waals surface area contributed by atoms with Gasteiger partial charge in [0.15, 0.2) is 0 Å². The maximum atomic E-state index is 12.4. The van der Waals surface area contributed by atoms with Gasteiger partial charge in [-0.25, -0.2) is 5.43 Å². The molecule has 0 aliphatic heterocycles. The molecule has 28 heavy (non-hydrogen) atoms. The third-order valence-corrected chi connectivity index (χ3v) is 5.33. The highest BCUT2D eigenvalue weighted by Crippen LogP contribution is 2.31. The minimum absolute atomic E-state index is 0.284. The van der Waals surface area contributed by atoms with Crippen LogP contribution in [0.4, 0.5) is 0 Å². The van der Waals surface area contributed by atoms with Gasteiger partial charge in [-0.1, -0.05) is 71.7 Å². The lowest BCUT2D eigenvalue weighted by Gasteiger charge is -2.12. The molecule has 0 radical (unpaired) electrons. The van der Waals surface area contributed by atoms with E-state index in [2.05, 4.69) is 41.7 Å². The number of carbonyl (C=O) groups is 1. The predicted molar refractivity (Wildman–Crippen MR) is 118 cm³/mol. The SMILES string of the molecule is Cc1c2ccccc2c(C=NNC(=O)c2ccc(Cl)cc2Cl)c2ccccc12. The van der Waals surface area contributed by atoms with E-state index in [1.807, 2.05) is 24.3 Å². The third kappa shape index (κ3) is 3.35. The number of hydrogen-bond acceptors (Lipinski definition) is 2. The summed E-state index contributed by atoms with van der Waals surface area (Å²) in [7, 11) is 0. The summed E-state index contributed by atoms with van der Waals surface area (Å²) in [5, 5.41) is 9.45. The normalized spacial score (nSPS) is 11.4. The zero-order valence-corrected chi connectivity index (χ0v) is 16.6. The number of hydrogen-bond donors (Lipinski definition) is 1. The van der Waals surface area contributed by atoms with E-state index in [0.717, 1.165) is 27.1 Å². The number of halogens is 2. The van der Waals surface area contributed by atoms with E-state index in [9.17, 15) is 4.79 Å². The first-order chi connectivity index (χ1) is 13.6. The molecule has 0 aromatic heterocycles. The van der Waals surface area contributed by atoms with Crippen molar-refractivity contribution in [3.63, 3.8) is 0 Å². The highest BCUT2D eigenvalue weighted by molar-refractivity contribution is 6.36. The molecule has 4 aromatic rings. The number of amides is 1. The van der Waals surface area contributed by atoms with Gasteiger partial charge in [0.2, 0.25) is 0 Å². The van der Waals surface area contributed by atoms with Gasteiger partial charge in [-0.05, 0) is 52.2 Å². The highest BCUT2D eigenvalue weighted by Gasteiger charge is 2.11. The molecular weight excluding hydrogens is 391 g/mol. The smallest absolute Gasteiger partial charge is 0.267 e. The number of aryl methyl sites for hydroxylation is 1. The van der Waals surface area contributed by atoms with Crippen molar-refractivity contribution in [2.75, 3.05) is 0 Å². The molecule has 0 unspecified atom stereocenters. The highest BCUT2D eigenvalue weighted by atomic mass is 35.5. The fourth-order valence-corrected chi connectivity index (χ4v) is 3.90. The molecule has 0 aliphatic carbocycles. The van der Waals surface area contributed by atoms with Gasteiger partial charge in [-0.15, -0.1) is 0 Å². The Kier molecular flexibility index (Phi) is 5.03. The van der Waals surface area contributed by atoms with Crippen LogP contribution in [-0.2, 0) is 0 Å². The summed E-state index contributed by atoms with van der Waals surface area (Å²) in [4.78, 5) is 12.4. The van der Waals surface area contributed by atoms with Crippen molar-refractivity contribution in [3.8, 4) is 0 Å². The Bertz CT molecular complexity index is 1190. The zero-order chi connectivity index (χ0) is 19.7. The fourth-order valence-electron chi connectivity index (χ4n) is 3.41. The zero-order valence-electron chi connectivity index (χ0n) is 15.0. The lowest BCUT2D eigenvalue weighted by molar-refractivity contribution is 0.0955. The molecule has 138 valence electrons. The second kappa shape index (κ2) is 7.63. The van der Waals surface area contributed by atoms with Crippen LogP contribution in [0.5, 0.6) is 0 Å². The van der Waals surface area contributed by atoms with Gasteiger partial charge in [-0.3, -0.25) is 4.79 Å². The molecule has 4 aromatic carbocycles. The monoisotopic (exact) mass is 406 g/mol. The van der Waals surface area contributed by atoms with E-state index in [0.29, 0.717) is 10.6 Å². The average molecular weight is 407 g/mol. The molecular formula is C23H16Cl2N2O. The maximum Gasteiger partial charge on any atom is 0.272 e. The Morgan fingerprint density at radius 3 is 2.04 bits per heavy atom. The van der Waals surface area contributed by atoms with Crippen LogP contribution in [-0.4, -0.2) is 12.1 Å². The van der Waals surface area contributed by atoms with Crippen molar-refractivity contribution in [2.45, 2.75) is 6.92 Å². The van der Waals surface area contributed by atoms with E-state index in [1.54, 1.807) is 18.3 Å². The summed E-state index contributed by atoms with van der Waals surface area (Å²) in [5.41, 5.74) is 5.06. The number of carbonyl (C=O) groups excluding carboxylic acids is 1. The van der Waals surface area contributed by atoms with E-state index < -0.39 is 5.91 Å². The number of fused-ring (bicyclic) bond motifs is 2. The second-order valence-electron chi connectivity index (χ2n) is 6.45. The molecule has 0 saturated heterocycles. The van der Waals surface area contributed by atoms with Crippen LogP contribution < -0.4 is 5.43 Å². The van der Waals surface area contributed by atoms with Gasteiger partial charge in [-0.2, -0.15) is 5.10 Å². The van der Waals surface area contributed by atoms with Crippen molar-refractivity contribution < 1.29 is 4.79 Å². The number of hydrazone groups is 1. The predicted octanol–water partition coefficient (Wildman–Crippen LogP) is 6.37. The third-order valence-electron chi connectivity index (χ3n) is 4.78. The molecule has 0 bridgehead atoms. The Morgan fingerprint density at radius 2 is 1.46 bits per heavy atom. The molecule has 0 atom stereocenters. The molecule has 4 rings (SSSR count). The van der Waals surface area contributed by atoms with Crippen LogP contribution in [0.25, 0.3) is 21.5 Å². The lowest BCUT2D eigenvalue weighted by Crippen LogP contribution is -2.18. The van der Waals surface area contributed by atoms with E-state index >= 15 is 0 Å². The number of benzene rings is 4. The molecule has 1 N–H and O–H groups in total.